The number of nitrogens with two attached hydrogens (primary N) is 1. The third-order valence-electron chi connectivity index (χ3n) is 2.02. The van der Waals surface area contributed by atoms with Gasteiger partial charge in [-0.3, -0.25) is 4.79 Å². The van der Waals surface area contributed by atoms with E-state index in [1.165, 1.54) is 0 Å². The molecule has 0 radical (unpaired) electrons. The number of ether oxygens (including phenoxy) is 1. The van der Waals surface area contributed by atoms with Gasteiger partial charge in [0.15, 0.2) is 0 Å². The highest BCUT2D eigenvalue weighted by atomic mass is 16.5. The predicted molar refractivity (Wildman–Crippen MR) is 57.9 cm³/mol. The number of carbonyl (C=O) groups excluding carboxylic acids is 1. The second-order valence-corrected chi connectivity index (χ2v) is 4.27. The van der Waals surface area contributed by atoms with E-state index in [9.17, 15) is 4.79 Å². The molecule has 14 heavy (non-hydrogen) atoms. The Balaban J connectivity index is 3.80. The molecule has 0 heterocycles. The second-order valence-electron chi connectivity index (χ2n) is 4.27. The average Bonchev–Trinajstić information content (AvgIpc) is 2.02. The lowest BCUT2D eigenvalue weighted by molar-refractivity contribution is -0.150. The smallest absolute Gasteiger partial charge is 0.323 e. The minimum atomic E-state index is -0.449. The van der Waals surface area contributed by atoms with Gasteiger partial charge in [-0.15, -0.1) is 0 Å². The van der Waals surface area contributed by atoms with Gasteiger partial charge in [0.2, 0.25) is 0 Å². The molecule has 0 aliphatic carbocycles. The molecule has 0 bridgehead atoms. The number of esters is 1. The van der Waals surface area contributed by atoms with Crippen molar-refractivity contribution in [3.05, 3.63) is 0 Å². The van der Waals surface area contributed by atoms with Crippen molar-refractivity contribution < 1.29 is 9.53 Å². The van der Waals surface area contributed by atoms with Gasteiger partial charge in [-0.25, -0.2) is 0 Å². The van der Waals surface area contributed by atoms with Crippen LogP contribution in [0.2, 0.25) is 0 Å². The third kappa shape index (κ3) is 5.97. The van der Waals surface area contributed by atoms with Crippen LogP contribution in [-0.4, -0.2) is 18.1 Å². The predicted octanol–water partition coefficient (Wildman–Crippen LogP) is 2.09. The fraction of sp³-hybridized carbons (Fsp3) is 0.909. The molecule has 0 saturated heterocycles. The molecule has 3 nitrogen and oxygen atoms in total. The maximum absolute atomic E-state index is 11.4. The highest BCUT2D eigenvalue weighted by Crippen LogP contribution is 2.09. The maximum Gasteiger partial charge on any atom is 0.323 e. The van der Waals surface area contributed by atoms with Crippen LogP contribution < -0.4 is 5.73 Å². The van der Waals surface area contributed by atoms with E-state index in [0.29, 0.717) is 12.3 Å². The van der Waals surface area contributed by atoms with Crippen LogP contribution in [0.25, 0.3) is 0 Å². The van der Waals surface area contributed by atoms with Crippen molar-refractivity contribution in [2.75, 3.05) is 0 Å². The summed E-state index contributed by atoms with van der Waals surface area (Å²) in [6, 6.07) is -0.449. The Bertz CT molecular complexity index is 169. The van der Waals surface area contributed by atoms with E-state index in [-0.39, 0.29) is 12.1 Å². The van der Waals surface area contributed by atoms with E-state index < -0.39 is 6.04 Å². The molecule has 0 saturated carbocycles. The first kappa shape index (κ1) is 13.4. The standard InChI is InChI=1S/C11H23NO2/c1-5-6-10(12)11(13)14-9(4)7-8(2)3/h8-10H,5-7,12H2,1-4H3. The molecule has 0 aromatic rings. The lowest BCUT2D eigenvalue weighted by Gasteiger charge is -2.17. The summed E-state index contributed by atoms with van der Waals surface area (Å²) in [5, 5.41) is 0. The third-order valence-corrected chi connectivity index (χ3v) is 2.02. The molecule has 0 aromatic heterocycles. The molecule has 2 N–H and O–H groups in total. The van der Waals surface area contributed by atoms with Gasteiger partial charge in [0, 0.05) is 0 Å². The molecule has 0 fully saturated rings. The first-order valence-electron chi connectivity index (χ1n) is 5.43. The van der Waals surface area contributed by atoms with Crippen molar-refractivity contribution in [3.63, 3.8) is 0 Å². The molecule has 0 rings (SSSR count). The molecule has 84 valence electrons. The monoisotopic (exact) mass is 201 g/mol. The SMILES string of the molecule is CCCC(N)C(=O)OC(C)CC(C)C. The highest BCUT2D eigenvalue weighted by molar-refractivity contribution is 5.75. The maximum atomic E-state index is 11.4. The molecule has 0 aliphatic rings. The summed E-state index contributed by atoms with van der Waals surface area (Å²) < 4.78 is 5.21. The van der Waals surface area contributed by atoms with Crippen molar-refractivity contribution in [1.29, 1.82) is 0 Å². The van der Waals surface area contributed by atoms with Crippen LogP contribution in [0.4, 0.5) is 0 Å². The second kappa shape index (κ2) is 6.82. The summed E-state index contributed by atoms with van der Waals surface area (Å²) in [5.74, 6) is 0.278. The minimum Gasteiger partial charge on any atom is -0.462 e. The van der Waals surface area contributed by atoms with Crippen molar-refractivity contribution in [2.24, 2.45) is 11.7 Å². The van der Waals surface area contributed by atoms with E-state index in [1.807, 2.05) is 13.8 Å². The number of rotatable bonds is 6. The lowest BCUT2D eigenvalue weighted by atomic mass is 10.1. The summed E-state index contributed by atoms with van der Waals surface area (Å²) >= 11 is 0. The van der Waals surface area contributed by atoms with Gasteiger partial charge in [-0.2, -0.15) is 0 Å². The molecule has 2 unspecified atom stereocenters. The molecule has 0 spiro atoms. The van der Waals surface area contributed by atoms with Crippen LogP contribution in [0.3, 0.4) is 0 Å². The van der Waals surface area contributed by atoms with Crippen molar-refractivity contribution in [3.8, 4) is 0 Å². The molecule has 0 aromatic carbocycles. The zero-order valence-corrected chi connectivity index (χ0v) is 9.75. The van der Waals surface area contributed by atoms with E-state index in [1.54, 1.807) is 0 Å². The van der Waals surface area contributed by atoms with Crippen LogP contribution in [0, 0.1) is 5.92 Å². The normalized spacial score (nSPS) is 15.3. The Labute approximate surface area is 87.0 Å². The van der Waals surface area contributed by atoms with Crippen LogP contribution >= 0.6 is 0 Å². The Morgan fingerprint density at radius 1 is 1.36 bits per heavy atom. The summed E-state index contributed by atoms with van der Waals surface area (Å²) in [5.41, 5.74) is 5.63. The Hall–Kier alpha value is -0.570. The van der Waals surface area contributed by atoms with E-state index in [0.717, 1.165) is 12.8 Å². The molecular formula is C11H23NO2. The average molecular weight is 201 g/mol. The molecule has 0 amide bonds. The minimum absolute atomic E-state index is 0.0228. The highest BCUT2D eigenvalue weighted by Gasteiger charge is 2.17. The number of carbonyl (C=O) groups is 1. The zero-order chi connectivity index (χ0) is 11.1. The van der Waals surface area contributed by atoms with Gasteiger partial charge >= 0.3 is 5.97 Å². The molecule has 2 atom stereocenters. The van der Waals surface area contributed by atoms with Gasteiger partial charge in [0.25, 0.3) is 0 Å². The van der Waals surface area contributed by atoms with E-state index in [2.05, 4.69) is 13.8 Å². The topological polar surface area (TPSA) is 52.3 Å². The summed E-state index contributed by atoms with van der Waals surface area (Å²) in [4.78, 5) is 11.4. The first-order valence-corrected chi connectivity index (χ1v) is 5.43. The Morgan fingerprint density at radius 2 is 1.93 bits per heavy atom. The van der Waals surface area contributed by atoms with E-state index in [4.69, 9.17) is 10.5 Å². The molecule has 3 heteroatoms. The van der Waals surface area contributed by atoms with Gasteiger partial charge in [0.1, 0.15) is 6.04 Å². The fourth-order valence-corrected chi connectivity index (χ4v) is 1.43. The van der Waals surface area contributed by atoms with E-state index >= 15 is 0 Å². The van der Waals surface area contributed by atoms with Crippen molar-refractivity contribution >= 4 is 5.97 Å². The zero-order valence-electron chi connectivity index (χ0n) is 9.75. The van der Waals surface area contributed by atoms with Crippen LogP contribution in [0.5, 0.6) is 0 Å². The Kier molecular flexibility index (Phi) is 6.54. The van der Waals surface area contributed by atoms with Crippen molar-refractivity contribution in [1.82, 2.24) is 0 Å². The fourth-order valence-electron chi connectivity index (χ4n) is 1.43. The summed E-state index contributed by atoms with van der Waals surface area (Å²) in [6.45, 7) is 8.13. The molecule has 0 aliphatic heterocycles. The quantitative estimate of drug-likeness (QED) is 0.669. The first-order chi connectivity index (χ1) is 6.47. The van der Waals surface area contributed by atoms with Gasteiger partial charge < -0.3 is 10.5 Å². The summed E-state index contributed by atoms with van der Waals surface area (Å²) in [7, 11) is 0. The van der Waals surface area contributed by atoms with Crippen molar-refractivity contribution in [2.45, 2.75) is 59.1 Å². The molecular weight excluding hydrogens is 178 g/mol. The number of hydrogen-bond acceptors (Lipinski definition) is 3. The largest absolute Gasteiger partial charge is 0.462 e. The van der Waals surface area contributed by atoms with Crippen LogP contribution in [-0.2, 0) is 9.53 Å². The van der Waals surface area contributed by atoms with Gasteiger partial charge in [-0.05, 0) is 25.7 Å². The van der Waals surface area contributed by atoms with Crippen LogP contribution in [0.15, 0.2) is 0 Å². The number of hydrogen-bond donors (Lipinski definition) is 1. The Morgan fingerprint density at radius 3 is 2.36 bits per heavy atom. The van der Waals surface area contributed by atoms with Gasteiger partial charge in [0.05, 0.1) is 6.10 Å². The van der Waals surface area contributed by atoms with Gasteiger partial charge in [-0.1, -0.05) is 27.2 Å². The lowest BCUT2D eigenvalue weighted by Crippen LogP contribution is -2.34. The summed E-state index contributed by atoms with van der Waals surface area (Å²) in [6.07, 6.45) is 2.48. The van der Waals surface area contributed by atoms with Crippen LogP contribution in [0.1, 0.15) is 47.0 Å².